The summed E-state index contributed by atoms with van der Waals surface area (Å²) >= 11 is 10.6. The first kappa shape index (κ1) is 26.5. The Labute approximate surface area is 232 Å². The van der Waals surface area contributed by atoms with Crippen molar-refractivity contribution in [1.29, 1.82) is 0 Å². The van der Waals surface area contributed by atoms with E-state index in [9.17, 15) is 9.18 Å². The molecule has 1 heterocycles. The van der Waals surface area contributed by atoms with Crippen LogP contribution in [0.1, 0.15) is 30.8 Å². The normalized spacial score (nSPS) is 11.4. The van der Waals surface area contributed by atoms with Gasteiger partial charge in [0, 0.05) is 20.9 Å². The topological polar surface area (TPSA) is 65.7 Å². The first-order chi connectivity index (χ1) is 17.3. The van der Waals surface area contributed by atoms with Crippen LogP contribution in [0.4, 0.5) is 4.39 Å². The van der Waals surface area contributed by atoms with Gasteiger partial charge >= 0.3 is 0 Å². The summed E-state index contributed by atoms with van der Waals surface area (Å²) in [6.45, 7) is 4.35. The van der Waals surface area contributed by atoms with Crippen LogP contribution in [0.25, 0.3) is 10.9 Å². The van der Waals surface area contributed by atoms with Gasteiger partial charge in [0.1, 0.15) is 18.2 Å². The Kier molecular flexibility index (Phi) is 8.58. The van der Waals surface area contributed by atoms with Crippen molar-refractivity contribution in [3.05, 3.63) is 95.1 Å². The first-order valence-corrected chi connectivity index (χ1v) is 13.5. The van der Waals surface area contributed by atoms with Crippen molar-refractivity contribution in [2.45, 2.75) is 26.9 Å². The maximum absolute atomic E-state index is 13.6. The lowest BCUT2D eigenvalue weighted by Crippen LogP contribution is -2.22. The van der Waals surface area contributed by atoms with E-state index in [1.165, 1.54) is 16.8 Å². The number of aromatic nitrogens is 2. The van der Waals surface area contributed by atoms with Gasteiger partial charge in [0.25, 0.3) is 5.56 Å². The number of nitrogens with zero attached hydrogens (tertiary/aromatic N) is 3. The van der Waals surface area contributed by atoms with Crippen LogP contribution in [0, 0.1) is 5.82 Å². The average Bonchev–Trinajstić information content (AvgIpc) is 2.86. The standard InChI is InChI=1S/C26H21Br3FN3O3/c1-3-22-32-20-9-8-17(27)12-19(20)26(34)33(22)31-13-16-11-21(35-4-2)25(24(29)23(16)28)36-14-15-6-5-7-18(30)10-15/h5-13H,3-4,14H2,1-2H3. The van der Waals surface area contributed by atoms with E-state index < -0.39 is 0 Å². The number of halogens is 4. The summed E-state index contributed by atoms with van der Waals surface area (Å²) < 4.78 is 28.7. The summed E-state index contributed by atoms with van der Waals surface area (Å²) in [6, 6.07) is 13.4. The quantitative estimate of drug-likeness (QED) is 0.184. The van der Waals surface area contributed by atoms with Gasteiger partial charge in [-0.05, 0) is 80.7 Å². The molecular formula is C26H21Br3FN3O3. The average molecular weight is 682 g/mol. The second-order valence-electron chi connectivity index (χ2n) is 7.68. The van der Waals surface area contributed by atoms with Crippen LogP contribution < -0.4 is 15.0 Å². The van der Waals surface area contributed by atoms with E-state index in [2.05, 4.69) is 57.9 Å². The summed E-state index contributed by atoms with van der Waals surface area (Å²) in [5.41, 5.74) is 1.71. The van der Waals surface area contributed by atoms with E-state index in [1.807, 2.05) is 19.9 Å². The largest absolute Gasteiger partial charge is 0.490 e. The van der Waals surface area contributed by atoms with Gasteiger partial charge in [0.05, 0.1) is 28.2 Å². The zero-order chi connectivity index (χ0) is 25.8. The molecule has 0 fully saturated rings. The van der Waals surface area contributed by atoms with Crippen LogP contribution >= 0.6 is 47.8 Å². The molecule has 6 nitrogen and oxygen atoms in total. The minimum absolute atomic E-state index is 0.157. The SMILES string of the molecule is CCOc1cc(C=Nn2c(CC)nc3ccc(Br)cc3c2=O)c(Br)c(Br)c1OCc1cccc(F)c1. The first-order valence-electron chi connectivity index (χ1n) is 11.1. The van der Waals surface area contributed by atoms with E-state index in [0.717, 1.165) is 4.47 Å². The highest BCUT2D eigenvalue weighted by Gasteiger charge is 2.18. The number of hydrogen-bond donors (Lipinski definition) is 0. The Bertz CT molecular complexity index is 1520. The molecule has 4 aromatic rings. The number of benzene rings is 3. The third-order valence-electron chi connectivity index (χ3n) is 5.23. The summed E-state index contributed by atoms with van der Waals surface area (Å²) in [5, 5.41) is 4.94. The summed E-state index contributed by atoms with van der Waals surface area (Å²) in [5.74, 6) is 1.16. The fourth-order valence-corrected chi connectivity index (χ4v) is 4.84. The Hall–Kier alpha value is -2.56. The van der Waals surface area contributed by atoms with Gasteiger partial charge in [-0.15, -0.1) is 0 Å². The lowest BCUT2D eigenvalue weighted by molar-refractivity contribution is 0.267. The van der Waals surface area contributed by atoms with Crippen molar-refractivity contribution >= 4 is 64.9 Å². The molecule has 36 heavy (non-hydrogen) atoms. The Morgan fingerprint density at radius 2 is 1.86 bits per heavy atom. The predicted molar refractivity (Wildman–Crippen MR) is 150 cm³/mol. The van der Waals surface area contributed by atoms with Gasteiger partial charge in [0.2, 0.25) is 0 Å². The van der Waals surface area contributed by atoms with E-state index >= 15 is 0 Å². The molecule has 10 heteroatoms. The van der Waals surface area contributed by atoms with Crippen LogP contribution in [-0.2, 0) is 13.0 Å². The lowest BCUT2D eigenvalue weighted by atomic mass is 10.2. The highest BCUT2D eigenvalue weighted by Crippen LogP contribution is 2.43. The zero-order valence-corrected chi connectivity index (χ0v) is 24.2. The predicted octanol–water partition coefficient (Wildman–Crippen LogP) is 7.25. The monoisotopic (exact) mass is 679 g/mol. The molecule has 0 amide bonds. The van der Waals surface area contributed by atoms with Gasteiger partial charge in [-0.1, -0.05) is 35.0 Å². The molecule has 0 aliphatic rings. The van der Waals surface area contributed by atoms with Gasteiger partial charge < -0.3 is 9.47 Å². The highest BCUT2D eigenvalue weighted by atomic mass is 79.9. The minimum Gasteiger partial charge on any atom is -0.490 e. The zero-order valence-electron chi connectivity index (χ0n) is 19.4. The number of hydrogen-bond acceptors (Lipinski definition) is 5. The molecular weight excluding hydrogens is 661 g/mol. The molecule has 0 aliphatic heterocycles. The molecule has 4 rings (SSSR count). The summed E-state index contributed by atoms with van der Waals surface area (Å²) in [7, 11) is 0. The number of ether oxygens (including phenoxy) is 2. The van der Waals surface area contributed by atoms with Crippen molar-refractivity contribution in [1.82, 2.24) is 9.66 Å². The maximum atomic E-state index is 13.6. The van der Waals surface area contributed by atoms with E-state index in [1.54, 1.807) is 36.5 Å². The van der Waals surface area contributed by atoms with E-state index in [0.29, 0.717) is 61.3 Å². The number of fused-ring (bicyclic) bond motifs is 1. The molecule has 0 atom stereocenters. The van der Waals surface area contributed by atoms with Crippen molar-refractivity contribution in [2.24, 2.45) is 5.10 Å². The molecule has 0 spiro atoms. The minimum atomic E-state index is -0.329. The van der Waals surface area contributed by atoms with Crippen LogP contribution in [0.2, 0.25) is 0 Å². The van der Waals surface area contributed by atoms with Gasteiger partial charge in [-0.2, -0.15) is 9.78 Å². The number of rotatable bonds is 8. The van der Waals surface area contributed by atoms with E-state index in [-0.39, 0.29) is 18.0 Å². The van der Waals surface area contributed by atoms with Crippen LogP contribution in [0.3, 0.4) is 0 Å². The lowest BCUT2D eigenvalue weighted by Gasteiger charge is -2.16. The molecule has 186 valence electrons. The Balaban J connectivity index is 1.73. The molecule has 0 unspecified atom stereocenters. The second kappa shape index (κ2) is 11.7. The third kappa shape index (κ3) is 5.71. The molecule has 0 saturated carbocycles. The number of aryl methyl sites for hydroxylation is 1. The van der Waals surface area contributed by atoms with Crippen LogP contribution in [0.15, 0.2) is 71.8 Å². The molecule has 1 aromatic heterocycles. The van der Waals surface area contributed by atoms with Crippen molar-refractivity contribution in [3.63, 3.8) is 0 Å². The Morgan fingerprint density at radius 1 is 1.06 bits per heavy atom. The van der Waals surface area contributed by atoms with E-state index in [4.69, 9.17) is 9.47 Å². The molecule has 0 saturated heterocycles. The van der Waals surface area contributed by atoms with Crippen molar-refractivity contribution in [3.8, 4) is 11.5 Å². The molecule has 0 bridgehead atoms. The fraction of sp³-hybridized carbons (Fsp3) is 0.192. The van der Waals surface area contributed by atoms with Crippen molar-refractivity contribution in [2.75, 3.05) is 6.61 Å². The summed E-state index contributed by atoms with van der Waals surface area (Å²) in [4.78, 5) is 17.8. The smallest absolute Gasteiger partial charge is 0.282 e. The van der Waals surface area contributed by atoms with Crippen LogP contribution in [0.5, 0.6) is 11.5 Å². The van der Waals surface area contributed by atoms with Crippen LogP contribution in [-0.4, -0.2) is 22.5 Å². The third-order valence-corrected chi connectivity index (χ3v) is 7.87. The van der Waals surface area contributed by atoms with Gasteiger partial charge in [0.15, 0.2) is 11.5 Å². The fourth-order valence-electron chi connectivity index (χ4n) is 3.54. The molecule has 3 aromatic carbocycles. The Morgan fingerprint density at radius 3 is 2.58 bits per heavy atom. The van der Waals surface area contributed by atoms with Gasteiger partial charge in [-0.25, -0.2) is 9.37 Å². The molecule has 0 radical (unpaired) electrons. The summed E-state index contributed by atoms with van der Waals surface area (Å²) in [6.07, 6.45) is 2.10. The second-order valence-corrected chi connectivity index (χ2v) is 10.2. The maximum Gasteiger partial charge on any atom is 0.282 e. The molecule has 0 N–H and O–H groups in total. The highest BCUT2D eigenvalue weighted by molar-refractivity contribution is 9.13. The van der Waals surface area contributed by atoms with Crippen molar-refractivity contribution < 1.29 is 13.9 Å². The van der Waals surface area contributed by atoms with Gasteiger partial charge in [-0.3, -0.25) is 4.79 Å². The molecule has 0 aliphatic carbocycles.